The minimum atomic E-state index is 1.16. The maximum absolute atomic E-state index is 2.44. The number of benzene rings is 8. The second-order valence-corrected chi connectivity index (χ2v) is 14.8. The van der Waals surface area contributed by atoms with E-state index in [4.69, 9.17) is 0 Å². The monoisotopic (exact) mass is 679 g/mol. The normalized spacial score (nSPS) is 12.2. The number of hydrogen-bond donors (Lipinski definition) is 0. The van der Waals surface area contributed by atoms with Gasteiger partial charge in [0.05, 0.1) is 33.1 Å². The molecule has 4 heterocycles. The van der Waals surface area contributed by atoms with Gasteiger partial charge in [0.15, 0.2) is 0 Å². The Kier molecular flexibility index (Phi) is 5.65. The lowest BCUT2D eigenvalue weighted by Crippen LogP contribution is -1.96. The van der Waals surface area contributed by atoms with E-state index < -0.39 is 0 Å². The molecule has 0 aliphatic rings. The molecule has 0 saturated carbocycles. The van der Waals surface area contributed by atoms with Gasteiger partial charge in [-0.1, -0.05) is 97.1 Å². The molecule has 4 aromatic heterocycles. The van der Waals surface area contributed by atoms with Crippen molar-refractivity contribution in [3.05, 3.63) is 176 Å². The number of nitrogens with zero attached hydrogens (tertiary/aromatic N) is 3. The highest BCUT2D eigenvalue weighted by molar-refractivity contribution is 7.25. The van der Waals surface area contributed by atoms with Crippen molar-refractivity contribution < 1.29 is 0 Å². The average Bonchev–Trinajstić information content (AvgIpc) is 3.93. The van der Waals surface area contributed by atoms with Crippen LogP contribution >= 0.6 is 11.3 Å². The fraction of sp³-hybridized carbons (Fsp3) is 0. The van der Waals surface area contributed by atoms with Crippen LogP contribution in [0.1, 0.15) is 0 Å². The van der Waals surface area contributed by atoms with Crippen LogP contribution in [-0.4, -0.2) is 13.7 Å². The van der Waals surface area contributed by atoms with Gasteiger partial charge in [0.2, 0.25) is 0 Å². The van der Waals surface area contributed by atoms with Gasteiger partial charge in [-0.15, -0.1) is 11.3 Å². The summed E-state index contributed by atoms with van der Waals surface area (Å²) in [6.45, 7) is 0. The van der Waals surface area contributed by atoms with E-state index in [1.807, 2.05) is 11.3 Å². The van der Waals surface area contributed by atoms with Crippen LogP contribution in [0.25, 0.3) is 103 Å². The summed E-state index contributed by atoms with van der Waals surface area (Å²) in [4.78, 5) is 0. The van der Waals surface area contributed by atoms with Crippen molar-refractivity contribution in [3.8, 4) is 17.1 Å². The molecular weight excluding hydrogens is 651 g/mol. The van der Waals surface area contributed by atoms with Crippen LogP contribution in [0.2, 0.25) is 0 Å². The summed E-state index contributed by atoms with van der Waals surface area (Å²) < 4.78 is 9.92. The summed E-state index contributed by atoms with van der Waals surface area (Å²) in [7, 11) is 0. The first-order valence-electron chi connectivity index (χ1n) is 17.8. The zero-order chi connectivity index (χ0) is 33.9. The number of fused-ring (bicyclic) bond motifs is 12. The lowest BCUT2D eigenvalue weighted by Gasteiger charge is -2.11. The maximum Gasteiger partial charge on any atom is 0.0542 e. The largest absolute Gasteiger partial charge is 0.309 e. The molecule has 0 N–H and O–H groups in total. The van der Waals surface area contributed by atoms with Gasteiger partial charge >= 0.3 is 0 Å². The number of thiophene rings is 1. The van der Waals surface area contributed by atoms with Crippen molar-refractivity contribution in [1.82, 2.24) is 13.7 Å². The molecule has 3 nitrogen and oxygen atoms in total. The van der Waals surface area contributed by atoms with Crippen molar-refractivity contribution in [2.24, 2.45) is 0 Å². The molecule has 12 aromatic rings. The molecule has 4 heteroatoms. The van der Waals surface area contributed by atoms with E-state index in [9.17, 15) is 0 Å². The number of hydrogen-bond acceptors (Lipinski definition) is 1. The van der Waals surface area contributed by atoms with Crippen LogP contribution in [0.3, 0.4) is 0 Å². The Hall–Kier alpha value is -6.62. The Morgan fingerprint density at radius 2 is 0.596 bits per heavy atom. The van der Waals surface area contributed by atoms with Gasteiger partial charge in [-0.2, -0.15) is 0 Å². The van der Waals surface area contributed by atoms with Gasteiger partial charge < -0.3 is 13.7 Å². The summed E-state index contributed by atoms with van der Waals surface area (Å²) in [5, 5.41) is 10.2. The van der Waals surface area contributed by atoms with E-state index >= 15 is 0 Å². The highest BCUT2D eigenvalue weighted by Gasteiger charge is 2.19. The molecule has 242 valence electrons. The first kappa shape index (κ1) is 28.1. The first-order valence-corrected chi connectivity index (χ1v) is 18.6. The van der Waals surface area contributed by atoms with E-state index in [0.717, 1.165) is 5.69 Å². The molecule has 12 rings (SSSR count). The fourth-order valence-corrected chi connectivity index (χ4v) is 9.95. The topological polar surface area (TPSA) is 14.8 Å². The molecule has 0 atom stereocenters. The fourth-order valence-electron chi connectivity index (χ4n) is 8.81. The van der Waals surface area contributed by atoms with Crippen LogP contribution in [0.4, 0.5) is 0 Å². The highest BCUT2D eigenvalue weighted by Crippen LogP contribution is 2.40. The predicted octanol–water partition coefficient (Wildman–Crippen LogP) is 13.3. The third-order valence-corrected chi connectivity index (χ3v) is 12.2. The van der Waals surface area contributed by atoms with E-state index in [1.54, 1.807) is 0 Å². The molecular formula is C48H29N3S. The van der Waals surface area contributed by atoms with Crippen molar-refractivity contribution in [3.63, 3.8) is 0 Å². The van der Waals surface area contributed by atoms with Gasteiger partial charge in [0.25, 0.3) is 0 Å². The van der Waals surface area contributed by atoms with Crippen LogP contribution in [-0.2, 0) is 0 Å². The quantitative estimate of drug-likeness (QED) is 0.177. The summed E-state index contributed by atoms with van der Waals surface area (Å²) >= 11 is 1.87. The van der Waals surface area contributed by atoms with E-state index in [2.05, 4.69) is 190 Å². The Bertz CT molecular complexity index is 3370. The molecule has 0 fully saturated rings. The van der Waals surface area contributed by atoms with Crippen molar-refractivity contribution in [2.75, 3.05) is 0 Å². The lowest BCUT2D eigenvalue weighted by atomic mass is 10.1. The number of para-hydroxylation sites is 4. The standard InChI is InChI=1S/C48H29N3S/c1-6-16-41-33(11-1)34-12-2-7-17-42(34)49(41)30-22-25-45-39(27-30)35-13-3-8-18-43(35)50(45)31-23-26-46-40(28-31)36-14-4-9-19-44(36)51(46)32-21-24-38-37-15-5-10-20-47(37)52-48(38)29-32/h1-29H. The molecule has 0 aliphatic carbocycles. The zero-order valence-corrected chi connectivity index (χ0v) is 28.8. The summed E-state index contributed by atoms with van der Waals surface area (Å²) in [6.07, 6.45) is 0. The van der Waals surface area contributed by atoms with E-state index in [1.165, 1.54) is 97.0 Å². The summed E-state index contributed by atoms with van der Waals surface area (Å²) in [6, 6.07) is 64.7. The molecule has 52 heavy (non-hydrogen) atoms. The minimum Gasteiger partial charge on any atom is -0.309 e. The Morgan fingerprint density at radius 3 is 1.10 bits per heavy atom. The molecule has 0 spiro atoms. The van der Waals surface area contributed by atoms with Crippen LogP contribution < -0.4 is 0 Å². The molecule has 0 saturated heterocycles. The van der Waals surface area contributed by atoms with Crippen LogP contribution in [0.5, 0.6) is 0 Å². The predicted molar refractivity (Wildman–Crippen MR) is 222 cm³/mol. The van der Waals surface area contributed by atoms with Gasteiger partial charge in [0, 0.05) is 69.6 Å². The van der Waals surface area contributed by atoms with Gasteiger partial charge in [-0.05, 0) is 78.9 Å². The summed E-state index contributed by atoms with van der Waals surface area (Å²) in [5.41, 5.74) is 10.8. The zero-order valence-electron chi connectivity index (χ0n) is 28.0. The molecule has 0 unspecified atom stereocenters. The molecule has 0 aliphatic heterocycles. The van der Waals surface area contributed by atoms with Gasteiger partial charge in [-0.3, -0.25) is 0 Å². The number of aromatic nitrogens is 3. The van der Waals surface area contributed by atoms with Crippen LogP contribution in [0, 0.1) is 0 Å². The van der Waals surface area contributed by atoms with Gasteiger partial charge in [-0.25, -0.2) is 0 Å². The molecule has 0 bridgehead atoms. The second-order valence-electron chi connectivity index (χ2n) is 13.8. The summed E-state index contributed by atoms with van der Waals surface area (Å²) in [5.74, 6) is 0. The first-order chi connectivity index (χ1) is 25.8. The lowest BCUT2D eigenvalue weighted by molar-refractivity contribution is 1.16. The average molecular weight is 680 g/mol. The minimum absolute atomic E-state index is 1.16. The SMILES string of the molecule is c1ccc2c(c1)sc1cc(-n3c4ccccc4c4cc(-n5c6ccccc6c6cc(-n7c8ccccc8c8ccccc87)ccc65)ccc43)ccc12. The molecule has 8 aromatic carbocycles. The van der Waals surface area contributed by atoms with E-state index in [0.29, 0.717) is 0 Å². The Balaban J connectivity index is 1.08. The van der Waals surface area contributed by atoms with Crippen LogP contribution in [0.15, 0.2) is 176 Å². The van der Waals surface area contributed by atoms with Crippen molar-refractivity contribution >= 4 is 96.9 Å². The maximum atomic E-state index is 2.44. The smallest absolute Gasteiger partial charge is 0.0542 e. The Morgan fingerprint density at radius 1 is 0.250 bits per heavy atom. The highest BCUT2D eigenvalue weighted by atomic mass is 32.1. The van der Waals surface area contributed by atoms with Gasteiger partial charge in [0.1, 0.15) is 0 Å². The van der Waals surface area contributed by atoms with Crippen molar-refractivity contribution in [1.29, 1.82) is 0 Å². The van der Waals surface area contributed by atoms with Crippen molar-refractivity contribution in [2.45, 2.75) is 0 Å². The molecule has 0 amide bonds. The third kappa shape index (κ3) is 3.79. The third-order valence-electron chi connectivity index (χ3n) is 11.0. The second kappa shape index (κ2) is 10.5. The van der Waals surface area contributed by atoms with E-state index in [-0.39, 0.29) is 0 Å². The Labute approximate surface area is 302 Å². The molecule has 0 radical (unpaired) electrons. The number of rotatable bonds is 3.